The predicted octanol–water partition coefficient (Wildman–Crippen LogP) is 1.69. The summed E-state index contributed by atoms with van der Waals surface area (Å²) in [4.78, 5) is 14.4. The zero-order valence-electron chi connectivity index (χ0n) is 10.3. The fourth-order valence-corrected chi connectivity index (χ4v) is 1.26. The molecule has 0 radical (unpaired) electrons. The van der Waals surface area contributed by atoms with Crippen LogP contribution in [-0.4, -0.2) is 22.5 Å². The van der Waals surface area contributed by atoms with E-state index >= 15 is 0 Å². The second kappa shape index (κ2) is 5.58. The highest BCUT2D eigenvalue weighted by Crippen LogP contribution is 2.19. The zero-order valence-corrected chi connectivity index (χ0v) is 10.3. The van der Waals surface area contributed by atoms with Crippen LogP contribution >= 0.6 is 0 Å². The smallest absolute Gasteiger partial charge is 0.277 e. The lowest BCUT2D eigenvalue weighted by Gasteiger charge is -2.16. The van der Waals surface area contributed by atoms with Crippen LogP contribution in [0.5, 0.6) is 0 Å². The van der Waals surface area contributed by atoms with Gasteiger partial charge in [0.1, 0.15) is 5.82 Å². The maximum absolute atomic E-state index is 10.7. The first-order valence-corrected chi connectivity index (χ1v) is 5.52. The van der Waals surface area contributed by atoms with Gasteiger partial charge in [0, 0.05) is 24.3 Å². The average Bonchev–Trinajstić information content (AvgIpc) is 2.26. The van der Waals surface area contributed by atoms with Crippen LogP contribution in [0.2, 0.25) is 0 Å². The summed E-state index contributed by atoms with van der Waals surface area (Å²) in [6.07, 6.45) is 1.49. The maximum atomic E-state index is 10.7. The lowest BCUT2D eigenvalue weighted by Crippen LogP contribution is -2.34. The van der Waals surface area contributed by atoms with E-state index in [9.17, 15) is 10.1 Å². The minimum absolute atomic E-state index is 0.00263. The predicted molar refractivity (Wildman–Crippen MR) is 66.9 cm³/mol. The number of aromatic nitrogens is 1. The molecule has 0 saturated carbocycles. The van der Waals surface area contributed by atoms with Gasteiger partial charge in [-0.1, -0.05) is 13.8 Å². The maximum Gasteiger partial charge on any atom is 0.277 e. The molecule has 0 aromatic carbocycles. The van der Waals surface area contributed by atoms with Crippen LogP contribution in [0.3, 0.4) is 0 Å². The Kier molecular flexibility index (Phi) is 4.39. The van der Waals surface area contributed by atoms with E-state index in [0.717, 1.165) is 0 Å². The van der Waals surface area contributed by atoms with E-state index in [4.69, 9.17) is 5.73 Å². The normalized spacial score (nSPS) is 12.5. The van der Waals surface area contributed by atoms with Crippen molar-refractivity contribution in [3.8, 4) is 0 Å². The van der Waals surface area contributed by atoms with Crippen LogP contribution in [0, 0.1) is 23.0 Å². The van der Waals surface area contributed by atoms with Crippen molar-refractivity contribution in [2.45, 2.75) is 26.8 Å². The number of nitrogens with two attached hydrogens (primary N) is 1. The van der Waals surface area contributed by atoms with E-state index in [0.29, 0.717) is 23.8 Å². The van der Waals surface area contributed by atoms with Crippen LogP contribution in [-0.2, 0) is 0 Å². The first-order chi connectivity index (χ1) is 7.91. The summed E-state index contributed by atoms with van der Waals surface area (Å²) in [5.74, 6) is 0.835. The fourth-order valence-electron chi connectivity index (χ4n) is 1.26. The molecular formula is C11H18N4O2. The van der Waals surface area contributed by atoms with Crippen LogP contribution in [0.25, 0.3) is 0 Å². The molecule has 0 aliphatic rings. The van der Waals surface area contributed by atoms with Crippen molar-refractivity contribution in [2.75, 3.05) is 11.9 Å². The molecule has 94 valence electrons. The Balaban J connectivity index is 2.73. The van der Waals surface area contributed by atoms with Crippen molar-refractivity contribution in [1.29, 1.82) is 0 Å². The molecule has 3 N–H and O–H groups in total. The number of hydrogen-bond donors (Lipinski definition) is 2. The van der Waals surface area contributed by atoms with E-state index in [2.05, 4.69) is 10.3 Å². The molecule has 1 atom stereocenters. The molecule has 17 heavy (non-hydrogen) atoms. The minimum atomic E-state index is -0.412. The average molecular weight is 238 g/mol. The van der Waals surface area contributed by atoms with Crippen LogP contribution in [0.15, 0.2) is 12.3 Å². The summed E-state index contributed by atoms with van der Waals surface area (Å²) in [5, 5.41) is 13.8. The molecular weight excluding hydrogens is 220 g/mol. The van der Waals surface area contributed by atoms with E-state index in [1.54, 1.807) is 6.92 Å². The van der Waals surface area contributed by atoms with Crippen LogP contribution < -0.4 is 11.1 Å². The molecule has 0 bridgehead atoms. The van der Waals surface area contributed by atoms with Crippen molar-refractivity contribution in [3.63, 3.8) is 0 Å². The van der Waals surface area contributed by atoms with Gasteiger partial charge in [0.15, 0.2) is 0 Å². The van der Waals surface area contributed by atoms with Gasteiger partial charge in [-0.25, -0.2) is 4.98 Å². The van der Waals surface area contributed by atoms with Crippen molar-refractivity contribution >= 4 is 11.5 Å². The fraction of sp³-hybridized carbons (Fsp3) is 0.545. The third-order valence-corrected chi connectivity index (χ3v) is 2.65. The first-order valence-electron chi connectivity index (χ1n) is 5.52. The van der Waals surface area contributed by atoms with Crippen LogP contribution in [0.1, 0.15) is 19.4 Å². The van der Waals surface area contributed by atoms with Crippen molar-refractivity contribution in [3.05, 3.63) is 27.9 Å². The second-order valence-corrected chi connectivity index (χ2v) is 4.40. The number of aryl methyl sites for hydroxylation is 1. The molecule has 6 nitrogen and oxygen atoms in total. The quantitative estimate of drug-likeness (QED) is 0.601. The second-order valence-electron chi connectivity index (χ2n) is 4.40. The summed E-state index contributed by atoms with van der Waals surface area (Å²) >= 11 is 0. The molecule has 0 aliphatic carbocycles. The largest absolute Gasteiger partial charge is 0.368 e. The summed E-state index contributed by atoms with van der Waals surface area (Å²) in [7, 11) is 0. The van der Waals surface area contributed by atoms with Crippen molar-refractivity contribution in [2.24, 2.45) is 11.7 Å². The van der Waals surface area contributed by atoms with Gasteiger partial charge in [-0.2, -0.15) is 0 Å². The first kappa shape index (κ1) is 13.4. The van der Waals surface area contributed by atoms with Gasteiger partial charge in [-0.05, 0) is 12.8 Å². The standard InChI is InChI=1S/C11H18N4O2/c1-7(2)9(12)6-14-11-4-10(15(16)17)8(3)5-13-11/h4-5,7,9H,6,12H2,1-3H3,(H,13,14). The molecule has 6 heteroatoms. The van der Waals surface area contributed by atoms with Gasteiger partial charge >= 0.3 is 0 Å². The molecule has 1 unspecified atom stereocenters. The third-order valence-electron chi connectivity index (χ3n) is 2.65. The Labute approximate surface area is 100 Å². The number of rotatable bonds is 5. The van der Waals surface area contributed by atoms with E-state index in [-0.39, 0.29) is 11.7 Å². The summed E-state index contributed by atoms with van der Waals surface area (Å²) < 4.78 is 0. The van der Waals surface area contributed by atoms with Crippen molar-refractivity contribution in [1.82, 2.24) is 4.98 Å². The van der Waals surface area contributed by atoms with Gasteiger partial charge in [0.05, 0.1) is 11.0 Å². The monoisotopic (exact) mass is 238 g/mol. The molecule has 1 heterocycles. The molecule has 0 amide bonds. The zero-order chi connectivity index (χ0) is 13.0. The van der Waals surface area contributed by atoms with Crippen LogP contribution in [0.4, 0.5) is 11.5 Å². The van der Waals surface area contributed by atoms with Crippen molar-refractivity contribution < 1.29 is 4.92 Å². The van der Waals surface area contributed by atoms with E-state index in [1.807, 2.05) is 13.8 Å². The molecule has 1 rings (SSSR count). The van der Waals surface area contributed by atoms with Gasteiger partial charge < -0.3 is 11.1 Å². The third kappa shape index (κ3) is 3.67. The number of pyridine rings is 1. The van der Waals surface area contributed by atoms with Gasteiger partial charge in [-0.3, -0.25) is 10.1 Å². The lowest BCUT2D eigenvalue weighted by atomic mass is 10.1. The summed E-state index contributed by atoms with van der Waals surface area (Å²) in [6, 6.07) is 1.43. The Hall–Kier alpha value is -1.69. The van der Waals surface area contributed by atoms with Gasteiger partial charge in [-0.15, -0.1) is 0 Å². The van der Waals surface area contributed by atoms with Gasteiger partial charge in [0.25, 0.3) is 5.69 Å². The molecule has 0 saturated heterocycles. The Morgan fingerprint density at radius 1 is 1.59 bits per heavy atom. The minimum Gasteiger partial charge on any atom is -0.368 e. The Morgan fingerprint density at radius 2 is 2.24 bits per heavy atom. The van der Waals surface area contributed by atoms with Gasteiger partial charge in [0.2, 0.25) is 0 Å². The number of nitrogens with one attached hydrogen (secondary N) is 1. The summed E-state index contributed by atoms with van der Waals surface area (Å²) in [5.41, 5.74) is 6.49. The lowest BCUT2D eigenvalue weighted by molar-refractivity contribution is -0.385. The highest BCUT2D eigenvalue weighted by atomic mass is 16.6. The highest BCUT2D eigenvalue weighted by molar-refractivity contribution is 5.48. The number of hydrogen-bond acceptors (Lipinski definition) is 5. The Morgan fingerprint density at radius 3 is 2.76 bits per heavy atom. The highest BCUT2D eigenvalue weighted by Gasteiger charge is 2.13. The summed E-state index contributed by atoms with van der Waals surface area (Å²) in [6.45, 7) is 6.26. The number of nitrogens with zero attached hydrogens (tertiary/aromatic N) is 2. The SMILES string of the molecule is Cc1cnc(NCC(N)C(C)C)cc1[N+](=O)[O-]. The molecule has 1 aromatic rings. The topological polar surface area (TPSA) is 94.1 Å². The molecule has 0 fully saturated rings. The molecule has 0 spiro atoms. The molecule has 1 aromatic heterocycles. The number of nitro groups is 1. The Bertz CT molecular complexity index is 406. The number of anilines is 1. The van der Waals surface area contributed by atoms with E-state index in [1.165, 1.54) is 12.3 Å². The molecule has 0 aliphatic heterocycles. The van der Waals surface area contributed by atoms with E-state index < -0.39 is 4.92 Å².